The van der Waals surface area contributed by atoms with Crippen LogP contribution in [0.1, 0.15) is 53.1 Å². The molecule has 1 saturated carbocycles. The van der Waals surface area contributed by atoms with Gasteiger partial charge in [0.25, 0.3) is 0 Å². The molecule has 24 heavy (non-hydrogen) atoms. The lowest BCUT2D eigenvalue weighted by molar-refractivity contribution is 0.0697. The lowest BCUT2D eigenvalue weighted by Gasteiger charge is -2.29. The average molecular weight is 325 g/mol. The Balaban J connectivity index is 1.47. The standard InChI is InChI=1S/C20H23NO3/c22-19-11-7-16(8-12-19)15-5-9-18(10-6-15)21-13-14-1-3-17(4-2-14)20(23)24/h1-4,7-8,11-12,15,18,21-22H,5-6,9-10,13H2,(H,23,24). The largest absolute Gasteiger partial charge is 0.508 e. The molecule has 0 unspecified atom stereocenters. The summed E-state index contributed by atoms with van der Waals surface area (Å²) in [4.78, 5) is 10.9. The van der Waals surface area contributed by atoms with Crippen molar-refractivity contribution in [3.8, 4) is 5.75 Å². The normalized spacial score (nSPS) is 20.7. The van der Waals surface area contributed by atoms with E-state index in [1.165, 1.54) is 5.56 Å². The van der Waals surface area contributed by atoms with E-state index in [1.807, 2.05) is 24.3 Å². The number of hydrogen-bond acceptors (Lipinski definition) is 3. The van der Waals surface area contributed by atoms with Crippen molar-refractivity contribution in [3.63, 3.8) is 0 Å². The summed E-state index contributed by atoms with van der Waals surface area (Å²) in [5.41, 5.74) is 2.75. The highest BCUT2D eigenvalue weighted by molar-refractivity contribution is 5.87. The number of aromatic hydroxyl groups is 1. The summed E-state index contributed by atoms with van der Waals surface area (Å²) >= 11 is 0. The van der Waals surface area contributed by atoms with E-state index in [0.717, 1.165) is 37.8 Å². The Morgan fingerprint density at radius 3 is 2.17 bits per heavy atom. The molecule has 0 saturated heterocycles. The van der Waals surface area contributed by atoms with Crippen LogP contribution in [0, 0.1) is 0 Å². The molecule has 3 N–H and O–H groups in total. The molecule has 0 heterocycles. The van der Waals surface area contributed by atoms with E-state index in [1.54, 1.807) is 24.3 Å². The quantitative estimate of drug-likeness (QED) is 0.779. The van der Waals surface area contributed by atoms with Crippen LogP contribution in [0.2, 0.25) is 0 Å². The maximum atomic E-state index is 10.9. The van der Waals surface area contributed by atoms with Gasteiger partial charge in [-0.3, -0.25) is 0 Å². The number of carboxylic acids is 1. The minimum atomic E-state index is -0.887. The molecule has 1 fully saturated rings. The first-order chi connectivity index (χ1) is 11.6. The molecule has 3 rings (SSSR count). The van der Waals surface area contributed by atoms with E-state index in [9.17, 15) is 9.90 Å². The maximum Gasteiger partial charge on any atom is 0.335 e. The van der Waals surface area contributed by atoms with Gasteiger partial charge >= 0.3 is 5.97 Å². The van der Waals surface area contributed by atoms with Crippen LogP contribution in [0.3, 0.4) is 0 Å². The zero-order chi connectivity index (χ0) is 16.9. The van der Waals surface area contributed by atoms with Crippen LogP contribution in [0.4, 0.5) is 0 Å². The molecule has 1 aliphatic carbocycles. The Labute approximate surface area is 142 Å². The van der Waals surface area contributed by atoms with Gasteiger partial charge < -0.3 is 15.5 Å². The van der Waals surface area contributed by atoms with E-state index in [0.29, 0.717) is 23.3 Å². The number of hydrogen-bond donors (Lipinski definition) is 3. The third-order valence-electron chi connectivity index (χ3n) is 4.89. The summed E-state index contributed by atoms with van der Waals surface area (Å²) in [7, 11) is 0. The number of phenols is 1. The van der Waals surface area contributed by atoms with Crippen molar-refractivity contribution in [2.75, 3.05) is 0 Å². The highest BCUT2D eigenvalue weighted by Crippen LogP contribution is 2.33. The van der Waals surface area contributed by atoms with Crippen LogP contribution in [-0.4, -0.2) is 22.2 Å². The number of benzene rings is 2. The molecule has 2 aromatic rings. The molecule has 0 spiro atoms. The molecule has 0 atom stereocenters. The van der Waals surface area contributed by atoms with Crippen LogP contribution in [-0.2, 0) is 6.54 Å². The molecule has 0 aliphatic heterocycles. The van der Waals surface area contributed by atoms with Gasteiger partial charge in [-0.25, -0.2) is 4.79 Å². The Morgan fingerprint density at radius 1 is 0.958 bits per heavy atom. The van der Waals surface area contributed by atoms with E-state index in [-0.39, 0.29) is 0 Å². The van der Waals surface area contributed by atoms with Crippen molar-refractivity contribution >= 4 is 5.97 Å². The van der Waals surface area contributed by atoms with E-state index < -0.39 is 5.97 Å². The Morgan fingerprint density at radius 2 is 1.58 bits per heavy atom. The summed E-state index contributed by atoms with van der Waals surface area (Å²) in [6.07, 6.45) is 4.58. The first kappa shape index (κ1) is 16.5. The van der Waals surface area contributed by atoms with Crippen LogP contribution < -0.4 is 5.32 Å². The predicted molar refractivity (Wildman–Crippen MR) is 93.3 cm³/mol. The van der Waals surface area contributed by atoms with Crippen molar-refractivity contribution in [1.29, 1.82) is 0 Å². The Bertz CT molecular complexity index is 671. The zero-order valence-electron chi connectivity index (χ0n) is 13.6. The summed E-state index contributed by atoms with van der Waals surface area (Å²) in [6.45, 7) is 0.772. The SMILES string of the molecule is O=C(O)c1ccc(CNC2CCC(c3ccc(O)cc3)CC2)cc1. The fraction of sp³-hybridized carbons (Fsp3) is 0.350. The van der Waals surface area contributed by atoms with Crippen LogP contribution >= 0.6 is 0 Å². The molecule has 126 valence electrons. The molecular weight excluding hydrogens is 302 g/mol. The second-order valence-corrected chi connectivity index (χ2v) is 6.52. The average Bonchev–Trinajstić information content (AvgIpc) is 2.61. The van der Waals surface area contributed by atoms with Crippen molar-refractivity contribution in [1.82, 2.24) is 5.32 Å². The van der Waals surface area contributed by atoms with Gasteiger partial charge in [0.2, 0.25) is 0 Å². The first-order valence-electron chi connectivity index (χ1n) is 8.46. The van der Waals surface area contributed by atoms with Crippen LogP contribution in [0.25, 0.3) is 0 Å². The summed E-state index contributed by atoms with van der Waals surface area (Å²) in [6, 6.07) is 15.1. The summed E-state index contributed by atoms with van der Waals surface area (Å²) in [5, 5.41) is 21.9. The molecule has 4 heteroatoms. The summed E-state index contributed by atoms with van der Waals surface area (Å²) < 4.78 is 0. The van der Waals surface area contributed by atoms with Crippen LogP contribution in [0.15, 0.2) is 48.5 Å². The second-order valence-electron chi connectivity index (χ2n) is 6.52. The van der Waals surface area contributed by atoms with Crippen molar-refractivity contribution < 1.29 is 15.0 Å². The molecule has 1 aliphatic rings. The highest BCUT2D eigenvalue weighted by Gasteiger charge is 2.22. The predicted octanol–water partition coefficient (Wildman–Crippen LogP) is 3.91. The molecule has 0 bridgehead atoms. The summed E-state index contributed by atoms with van der Waals surface area (Å²) in [5.74, 6) is 0.0172. The molecular formula is C20H23NO3. The molecule has 2 aromatic carbocycles. The number of carboxylic acid groups (broad SMARTS) is 1. The lowest BCUT2D eigenvalue weighted by Crippen LogP contribution is -2.32. The Kier molecular flexibility index (Phi) is 5.16. The topological polar surface area (TPSA) is 69.6 Å². The number of aromatic carboxylic acids is 1. The van der Waals surface area contributed by atoms with Gasteiger partial charge in [0, 0.05) is 12.6 Å². The minimum absolute atomic E-state index is 0.322. The zero-order valence-corrected chi connectivity index (χ0v) is 13.6. The van der Waals surface area contributed by atoms with Crippen molar-refractivity contribution in [2.45, 2.75) is 44.2 Å². The fourth-order valence-corrected chi connectivity index (χ4v) is 3.40. The number of rotatable bonds is 5. The van der Waals surface area contributed by atoms with Gasteiger partial charge in [0.05, 0.1) is 5.56 Å². The third-order valence-corrected chi connectivity index (χ3v) is 4.89. The lowest BCUT2D eigenvalue weighted by atomic mass is 9.81. The molecule has 0 amide bonds. The van der Waals surface area contributed by atoms with E-state index in [4.69, 9.17) is 5.11 Å². The Hall–Kier alpha value is -2.33. The minimum Gasteiger partial charge on any atom is -0.508 e. The molecule has 0 aromatic heterocycles. The van der Waals surface area contributed by atoms with Gasteiger partial charge in [-0.15, -0.1) is 0 Å². The monoisotopic (exact) mass is 325 g/mol. The fourth-order valence-electron chi connectivity index (χ4n) is 3.40. The van der Waals surface area contributed by atoms with E-state index >= 15 is 0 Å². The smallest absolute Gasteiger partial charge is 0.335 e. The molecule has 4 nitrogen and oxygen atoms in total. The maximum absolute atomic E-state index is 10.9. The number of nitrogens with one attached hydrogen (secondary N) is 1. The van der Waals surface area contributed by atoms with Gasteiger partial charge in [0.15, 0.2) is 0 Å². The number of phenolic OH excluding ortho intramolecular Hbond substituents is 1. The molecule has 0 radical (unpaired) electrons. The third kappa shape index (κ3) is 4.15. The highest BCUT2D eigenvalue weighted by atomic mass is 16.4. The van der Waals surface area contributed by atoms with Gasteiger partial charge in [-0.1, -0.05) is 24.3 Å². The van der Waals surface area contributed by atoms with Gasteiger partial charge in [0.1, 0.15) is 5.75 Å². The van der Waals surface area contributed by atoms with Gasteiger partial charge in [-0.2, -0.15) is 0 Å². The first-order valence-corrected chi connectivity index (χ1v) is 8.46. The van der Waals surface area contributed by atoms with Crippen LogP contribution in [0.5, 0.6) is 5.75 Å². The second kappa shape index (κ2) is 7.49. The van der Waals surface area contributed by atoms with Gasteiger partial charge in [-0.05, 0) is 67.0 Å². The van der Waals surface area contributed by atoms with E-state index in [2.05, 4.69) is 5.32 Å². The van der Waals surface area contributed by atoms with Crippen molar-refractivity contribution in [2.24, 2.45) is 0 Å². The van der Waals surface area contributed by atoms with Crippen molar-refractivity contribution in [3.05, 3.63) is 65.2 Å². The number of carbonyl (C=O) groups is 1.